The van der Waals surface area contributed by atoms with Crippen LogP contribution in [0.1, 0.15) is 33.6 Å². The molecule has 0 fully saturated rings. The van der Waals surface area contributed by atoms with Crippen molar-refractivity contribution in [2.45, 2.75) is 26.2 Å². The van der Waals surface area contributed by atoms with E-state index in [1.54, 1.807) is 18.3 Å². The normalized spacial score (nSPS) is 12.2. The minimum Gasteiger partial charge on any atom is -0.383 e. The van der Waals surface area contributed by atoms with E-state index in [0.29, 0.717) is 11.4 Å². The maximum Gasteiger partial charge on any atom is 0.250 e. The molecule has 0 saturated carbocycles. The van der Waals surface area contributed by atoms with E-state index in [2.05, 4.69) is 53.6 Å². The molecule has 8 nitrogen and oxygen atoms in total. The molecule has 1 amide bonds. The topological polar surface area (TPSA) is 126 Å². The second kappa shape index (κ2) is 9.87. The molecule has 0 bridgehead atoms. The summed E-state index contributed by atoms with van der Waals surface area (Å²) in [6.07, 6.45) is 6.66. The van der Waals surface area contributed by atoms with Crippen molar-refractivity contribution in [3.8, 4) is 17.1 Å². The number of nitrogen functional groups attached to an aromatic ring is 1. The van der Waals surface area contributed by atoms with Gasteiger partial charge < -0.3 is 11.5 Å². The second-order valence-corrected chi connectivity index (χ2v) is 9.36. The molecule has 180 valence electrons. The van der Waals surface area contributed by atoms with Crippen LogP contribution in [0.25, 0.3) is 28.2 Å². The number of rotatable bonds is 3. The predicted octanol–water partition coefficient (Wildman–Crippen LogP) is 4.80. The lowest BCUT2D eigenvalue weighted by Crippen LogP contribution is -2.10. The first-order chi connectivity index (χ1) is 17.4. The highest BCUT2D eigenvalue weighted by Crippen LogP contribution is 2.32. The zero-order valence-electron chi connectivity index (χ0n) is 19.6. The number of nitrogens with zero attached hydrogens (tertiary/aromatic N) is 5. The van der Waals surface area contributed by atoms with Gasteiger partial charge in [0.1, 0.15) is 15.9 Å². The summed E-state index contributed by atoms with van der Waals surface area (Å²) in [4.78, 5) is 28.1. The maximum absolute atomic E-state index is 10.5. The molecule has 0 unspecified atom stereocenters. The third kappa shape index (κ3) is 4.70. The number of carbonyl (C=O) groups is 1. The molecule has 1 aliphatic rings. The van der Waals surface area contributed by atoms with Gasteiger partial charge in [-0.25, -0.2) is 15.0 Å². The van der Waals surface area contributed by atoms with E-state index in [9.17, 15) is 4.79 Å². The number of hydrogen-bond donors (Lipinski definition) is 2. The number of primary amides is 1. The number of pyridine rings is 3. The quantitative estimate of drug-likeness (QED) is 0.316. The van der Waals surface area contributed by atoms with Gasteiger partial charge in [-0.3, -0.25) is 14.3 Å². The maximum atomic E-state index is 10.5. The largest absolute Gasteiger partial charge is 0.383 e. The number of hydrogen-bond acceptors (Lipinski definition) is 6. The summed E-state index contributed by atoms with van der Waals surface area (Å²) in [5.74, 6) is 0.783. The van der Waals surface area contributed by atoms with Crippen molar-refractivity contribution in [1.29, 1.82) is 0 Å². The van der Waals surface area contributed by atoms with Crippen molar-refractivity contribution in [1.82, 2.24) is 24.5 Å². The number of aryl methyl sites for hydroxylation is 3. The molecule has 0 saturated heterocycles. The molecular weight excluding hydrogens is 518 g/mol. The van der Waals surface area contributed by atoms with Gasteiger partial charge in [0.05, 0.1) is 11.1 Å². The van der Waals surface area contributed by atoms with Crippen molar-refractivity contribution in [2.75, 3.05) is 5.73 Å². The minimum atomic E-state index is -0.438. The first kappa shape index (κ1) is 23.6. The highest BCUT2D eigenvalue weighted by atomic mass is 79.9. The van der Waals surface area contributed by atoms with Crippen LogP contribution in [0, 0.1) is 6.92 Å². The SMILES string of the molecule is Cc1ccc(C(N)=O)cn1.Nc1ncccc1-c1nc2ccc(Br)nc2n1-c1ccc2c(c1)CCC2. The van der Waals surface area contributed by atoms with Crippen LogP contribution in [0.4, 0.5) is 5.82 Å². The Morgan fingerprint density at radius 2 is 1.83 bits per heavy atom. The smallest absolute Gasteiger partial charge is 0.250 e. The van der Waals surface area contributed by atoms with Gasteiger partial charge in [-0.1, -0.05) is 6.07 Å². The molecule has 0 radical (unpaired) electrons. The van der Waals surface area contributed by atoms with E-state index >= 15 is 0 Å². The molecule has 4 N–H and O–H groups in total. The Bertz CT molecular complexity index is 1580. The van der Waals surface area contributed by atoms with E-state index in [-0.39, 0.29) is 0 Å². The number of fused-ring (bicyclic) bond motifs is 2. The van der Waals surface area contributed by atoms with Crippen molar-refractivity contribution in [2.24, 2.45) is 5.73 Å². The number of carbonyl (C=O) groups excluding carboxylic acids is 1. The molecule has 36 heavy (non-hydrogen) atoms. The fraction of sp³-hybridized carbons (Fsp3) is 0.148. The Morgan fingerprint density at radius 3 is 2.58 bits per heavy atom. The van der Waals surface area contributed by atoms with Crippen molar-refractivity contribution >= 4 is 38.8 Å². The molecule has 6 rings (SSSR count). The molecule has 1 aliphatic carbocycles. The number of amides is 1. The van der Waals surface area contributed by atoms with Gasteiger partial charge in [0.2, 0.25) is 5.91 Å². The second-order valence-electron chi connectivity index (χ2n) is 8.54. The van der Waals surface area contributed by atoms with Gasteiger partial charge in [0.15, 0.2) is 11.5 Å². The summed E-state index contributed by atoms with van der Waals surface area (Å²) in [6, 6.07) is 17.7. The van der Waals surface area contributed by atoms with E-state index in [0.717, 1.165) is 51.4 Å². The van der Waals surface area contributed by atoms with Gasteiger partial charge in [0, 0.05) is 23.8 Å². The standard InChI is InChI=1S/C20H16BrN5.C7H8N2O/c21-17-9-8-16-20(25-17)26(14-7-6-12-3-1-4-13(12)11-14)19(24-16)15-5-2-10-23-18(15)22;1-5-2-3-6(4-9-5)7(8)10/h2,5-11H,1,3-4H2,(H2,22,23);2-4H,1H3,(H2,8,10). The Kier molecular flexibility index (Phi) is 6.47. The summed E-state index contributed by atoms with van der Waals surface area (Å²) in [6.45, 7) is 1.85. The Hall–Kier alpha value is -4.11. The number of halogens is 1. The molecule has 1 aromatic carbocycles. The molecule has 0 aliphatic heterocycles. The average Bonchev–Trinajstić information content (AvgIpc) is 3.48. The Morgan fingerprint density at radius 1 is 1.00 bits per heavy atom. The van der Waals surface area contributed by atoms with Gasteiger partial charge >= 0.3 is 0 Å². The lowest BCUT2D eigenvalue weighted by Gasteiger charge is -2.12. The minimum absolute atomic E-state index is 0.438. The van der Waals surface area contributed by atoms with Gasteiger partial charge in [-0.05, 0) is 102 Å². The first-order valence-corrected chi connectivity index (χ1v) is 12.3. The summed E-state index contributed by atoms with van der Waals surface area (Å²) >= 11 is 3.48. The summed E-state index contributed by atoms with van der Waals surface area (Å²) < 4.78 is 2.85. The number of nitrogens with two attached hydrogens (primary N) is 2. The van der Waals surface area contributed by atoms with Gasteiger partial charge in [-0.15, -0.1) is 0 Å². The van der Waals surface area contributed by atoms with Crippen LogP contribution in [0.15, 0.2) is 71.6 Å². The van der Waals surface area contributed by atoms with Crippen molar-refractivity contribution in [3.05, 3.63) is 94.0 Å². The van der Waals surface area contributed by atoms with Gasteiger partial charge in [0.25, 0.3) is 0 Å². The number of imidazole rings is 1. The highest BCUT2D eigenvalue weighted by Gasteiger charge is 2.19. The summed E-state index contributed by atoms with van der Waals surface area (Å²) in [5.41, 5.74) is 18.8. The first-order valence-electron chi connectivity index (χ1n) is 11.5. The van der Waals surface area contributed by atoms with Crippen molar-refractivity contribution in [3.63, 3.8) is 0 Å². The fourth-order valence-electron chi connectivity index (χ4n) is 4.28. The molecular formula is C27H24BrN7O. The lowest BCUT2D eigenvalue weighted by molar-refractivity contribution is 0.1000. The monoisotopic (exact) mass is 541 g/mol. The third-order valence-corrected chi connectivity index (χ3v) is 6.53. The molecule has 0 spiro atoms. The van der Waals surface area contributed by atoms with Crippen LogP contribution < -0.4 is 11.5 Å². The van der Waals surface area contributed by atoms with E-state index in [1.165, 1.54) is 23.7 Å². The zero-order chi connectivity index (χ0) is 25.2. The molecule has 4 aromatic heterocycles. The molecule has 0 atom stereocenters. The van der Waals surface area contributed by atoms with Crippen molar-refractivity contribution < 1.29 is 4.79 Å². The van der Waals surface area contributed by atoms with Crippen LogP contribution in [-0.2, 0) is 12.8 Å². The molecule has 9 heteroatoms. The summed E-state index contributed by atoms with van der Waals surface area (Å²) in [5, 5.41) is 0. The van der Waals surface area contributed by atoms with Crippen LogP contribution in [0.2, 0.25) is 0 Å². The van der Waals surface area contributed by atoms with Crippen LogP contribution in [0.3, 0.4) is 0 Å². The fourth-order valence-corrected chi connectivity index (χ4v) is 4.58. The third-order valence-electron chi connectivity index (χ3n) is 6.09. The Labute approximate surface area is 216 Å². The van der Waals surface area contributed by atoms with Crippen LogP contribution >= 0.6 is 15.9 Å². The predicted molar refractivity (Wildman–Crippen MR) is 144 cm³/mol. The van der Waals surface area contributed by atoms with E-state index in [4.69, 9.17) is 16.5 Å². The molecule has 4 heterocycles. The Balaban J connectivity index is 0.000000226. The van der Waals surface area contributed by atoms with Crippen LogP contribution in [0.5, 0.6) is 0 Å². The van der Waals surface area contributed by atoms with Gasteiger partial charge in [-0.2, -0.15) is 0 Å². The zero-order valence-corrected chi connectivity index (χ0v) is 21.2. The van der Waals surface area contributed by atoms with E-state index in [1.807, 2.05) is 31.2 Å². The average molecular weight is 542 g/mol. The van der Waals surface area contributed by atoms with E-state index < -0.39 is 5.91 Å². The number of benzene rings is 1. The number of anilines is 1. The van der Waals surface area contributed by atoms with Crippen LogP contribution in [-0.4, -0.2) is 30.4 Å². The highest BCUT2D eigenvalue weighted by molar-refractivity contribution is 9.10. The molecule has 5 aromatic rings. The lowest BCUT2D eigenvalue weighted by atomic mass is 10.1. The summed E-state index contributed by atoms with van der Waals surface area (Å²) in [7, 11) is 0. The number of aromatic nitrogens is 5.